The van der Waals surface area contributed by atoms with E-state index >= 15 is 0 Å². The van der Waals surface area contributed by atoms with Crippen LogP contribution in [-0.4, -0.2) is 0 Å². The van der Waals surface area contributed by atoms with E-state index < -0.39 is 0 Å². The summed E-state index contributed by atoms with van der Waals surface area (Å²) in [7, 11) is 0. The summed E-state index contributed by atoms with van der Waals surface area (Å²) in [5.74, 6) is 0.330. The molecule has 0 aliphatic heterocycles. The van der Waals surface area contributed by atoms with Gasteiger partial charge in [-0.1, -0.05) is 41.4 Å². The van der Waals surface area contributed by atoms with Gasteiger partial charge in [-0.3, -0.25) is 0 Å². The third-order valence-electron chi connectivity index (χ3n) is 2.56. The summed E-state index contributed by atoms with van der Waals surface area (Å²) >= 11 is 17.8. The first kappa shape index (κ1) is 14.4. The summed E-state index contributed by atoms with van der Waals surface area (Å²) in [6.45, 7) is 0.0813. The number of alkyl halides is 1. The van der Waals surface area contributed by atoms with Gasteiger partial charge in [0.15, 0.2) is 0 Å². The Kier molecular flexibility index (Phi) is 4.92. The van der Waals surface area contributed by atoms with Gasteiger partial charge in [0.05, 0.1) is 10.9 Å². The fourth-order valence-electron chi connectivity index (χ4n) is 1.64. The zero-order chi connectivity index (χ0) is 13.8. The fourth-order valence-corrected chi connectivity index (χ4v) is 2.43. The average Bonchev–Trinajstić information content (AvgIpc) is 2.38. The Morgan fingerprint density at radius 3 is 2.47 bits per heavy atom. The molecule has 0 heterocycles. The minimum absolute atomic E-state index is 0.0813. The number of benzene rings is 2. The normalized spacial score (nSPS) is 10.5. The molecule has 0 atom stereocenters. The Bertz CT molecular complexity index is 587. The van der Waals surface area contributed by atoms with Gasteiger partial charge in [-0.25, -0.2) is 4.39 Å². The van der Waals surface area contributed by atoms with Gasteiger partial charge in [-0.05, 0) is 18.2 Å². The Balaban J connectivity index is 2.22. The predicted octanol–water partition coefficient (Wildman–Crippen LogP) is 5.45. The maximum absolute atomic E-state index is 13.5. The molecule has 1 nitrogen and oxygen atoms in total. The van der Waals surface area contributed by atoms with E-state index in [4.69, 9.17) is 39.5 Å². The second-order valence-electron chi connectivity index (χ2n) is 3.89. The first-order valence-corrected chi connectivity index (χ1v) is 6.81. The summed E-state index contributed by atoms with van der Waals surface area (Å²) in [5.41, 5.74) is 1.13. The van der Waals surface area contributed by atoms with E-state index in [-0.39, 0.29) is 18.3 Å². The monoisotopic (exact) mass is 318 g/mol. The van der Waals surface area contributed by atoms with E-state index in [0.29, 0.717) is 26.9 Å². The lowest BCUT2D eigenvalue weighted by Gasteiger charge is -2.12. The first-order chi connectivity index (χ1) is 9.11. The van der Waals surface area contributed by atoms with Crippen molar-refractivity contribution >= 4 is 34.8 Å². The van der Waals surface area contributed by atoms with Crippen molar-refractivity contribution in [3.63, 3.8) is 0 Å². The van der Waals surface area contributed by atoms with Crippen LogP contribution < -0.4 is 4.74 Å². The summed E-state index contributed by atoms with van der Waals surface area (Å²) in [6, 6.07) is 9.64. The smallest absolute Gasteiger partial charge is 0.142 e. The minimum Gasteiger partial charge on any atom is -0.487 e. The number of halogens is 4. The maximum Gasteiger partial charge on any atom is 0.142 e. The molecular weight excluding hydrogens is 310 g/mol. The zero-order valence-corrected chi connectivity index (χ0v) is 12.1. The Labute approximate surface area is 125 Å². The molecule has 2 rings (SSSR count). The summed E-state index contributed by atoms with van der Waals surface area (Å²) in [4.78, 5) is 0. The molecule has 0 fully saturated rings. The SMILES string of the molecule is Fc1ccccc1COc1c(Cl)cc(Cl)cc1CCl. The van der Waals surface area contributed by atoms with Crippen molar-refractivity contribution in [2.75, 3.05) is 0 Å². The second kappa shape index (κ2) is 6.47. The number of hydrogen-bond acceptors (Lipinski definition) is 1. The molecule has 100 valence electrons. The van der Waals surface area contributed by atoms with Gasteiger partial charge in [0, 0.05) is 16.1 Å². The molecule has 0 aliphatic rings. The van der Waals surface area contributed by atoms with Crippen molar-refractivity contribution in [1.29, 1.82) is 0 Å². The lowest BCUT2D eigenvalue weighted by molar-refractivity contribution is 0.298. The van der Waals surface area contributed by atoms with E-state index in [2.05, 4.69) is 0 Å². The molecule has 0 radical (unpaired) electrons. The highest BCUT2D eigenvalue weighted by molar-refractivity contribution is 6.36. The third kappa shape index (κ3) is 3.53. The molecule has 0 bridgehead atoms. The van der Waals surface area contributed by atoms with E-state index in [1.54, 1.807) is 30.3 Å². The Morgan fingerprint density at radius 1 is 1.05 bits per heavy atom. The Morgan fingerprint density at radius 2 is 1.79 bits per heavy atom. The van der Waals surface area contributed by atoms with Crippen LogP contribution in [0.5, 0.6) is 5.75 Å². The van der Waals surface area contributed by atoms with Crippen LogP contribution in [0.4, 0.5) is 4.39 Å². The van der Waals surface area contributed by atoms with Crippen molar-refractivity contribution < 1.29 is 9.13 Å². The van der Waals surface area contributed by atoms with Crippen molar-refractivity contribution in [3.8, 4) is 5.75 Å². The number of ether oxygens (including phenoxy) is 1. The molecule has 0 saturated carbocycles. The average molecular weight is 320 g/mol. The van der Waals surface area contributed by atoms with Crippen molar-refractivity contribution in [2.45, 2.75) is 12.5 Å². The first-order valence-electron chi connectivity index (χ1n) is 5.52. The highest BCUT2D eigenvalue weighted by Gasteiger charge is 2.11. The molecule has 0 unspecified atom stereocenters. The summed E-state index contributed by atoms with van der Waals surface area (Å²) in [5, 5.41) is 0.846. The van der Waals surface area contributed by atoms with Crippen LogP contribution in [0.3, 0.4) is 0 Å². The molecular formula is C14H10Cl3FO. The molecule has 0 N–H and O–H groups in total. The fraction of sp³-hybridized carbons (Fsp3) is 0.143. The molecule has 0 spiro atoms. The van der Waals surface area contributed by atoms with Gasteiger partial charge < -0.3 is 4.74 Å². The van der Waals surface area contributed by atoms with Crippen LogP contribution in [-0.2, 0) is 12.5 Å². The van der Waals surface area contributed by atoms with Gasteiger partial charge in [0.25, 0.3) is 0 Å². The lowest BCUT2D eigenvalue weighted by atomic mass is 10.2. The van der Waals surface area contributed by atoms with Gasteiger partial charge >= 0.3 is 0 Å². The zero-order valence-electron chi connectivity index (χ0n) is 9.80. The summed E-state index contributed by atoms with van der Waals surface area (Å²) < 4.78 is 19.0. The van der Waals surface area contributed by atoms with Crippen molar-refractivity contribution in [3.05, 3.63) is 63.4 Å². The van der Waals surface area contributed by atoms with E-state index in [0.717, 1.165) is 0 Å². The van der Waals surface area contributed by atoms with E-state index in [9.17, 15) is 4.39 Å². The van der Waals surface area contributed by atoms with E-state index in [1.165, 1.54) is 6.07 Å². The Hall–Kier alpha value is -0.960. The predicted molar refractivity (Wildman–Crippen MR) is 76.8 cm³/mol. The largest absolute Gasteiger partial charge is 0.487 e. The number of rotatable bonds is 4. The molecule has 0 amide bonds. The molecule has 5 heteroatoms. The summed E-state index contributed by atoms with van der Waals surface area (Å²) in [6.07, 6.45) is 0. The standard InChI is InChI=1S/C14H10Cl3FO/c15-7-10-5-11(16)6-12(17)14(10)19-8-9-3-1-2-4-13(9)18/h1-6H,7-8H2. The minimum atomic E-state index is -0.319. The van der Waals surface area contributed by atoms with Crippen molar-refractivity contribution in [2.24, 2.45) is 0 Å². The maximum atomic E-state index is 13.5. The topological polar surface area (TPSA) is 9.23 Å². The van der Waals surface area contributed by atoms with Crippen LogP contribution in [0.1, 0.15) is 11.1 Å². The van der Waals surface area contributed by atoms with Gasteiger partial charge in [0.1, 0.15) is 18.2 Å². The van der Waals surface area contributed by atoms with Gasteiger partial charge in [0.2, 0.25) is 0 Å². The molecule has 19 heavy (non-hydrogen) atoms. The quantitative estimate of drug-likeness (QED) is 0.681. The van der Waals surface area contributed by atoms with Crippen molar-refractivity contribution in [1.82, 2.24) is 0 Å². The van der Waals surface area contributed by atoms with Crippen LogP contribution in [0, 0.1) is 5.82 Å². The molecule has 0 aromatic heterocycles. The van der Waals surface area contributed by atoms with Crippen LogP contribution in [0.2, 0.25) is 10.0 Å². The van der Waals surface area contributed by atoms with Crippen LogP contribution in [0.25, 0.3) is 0 Å². The molecule has 0 aliphatic carbocycles. The third-order valence-corrected chi connectivity index (χ3v) is 3.35. The van der Waals surface area contributed by atoms with Crippen LogP contribution >= 0.6 is 34.8 Å². The second-order valence-corrected chi connectivity index (χ2v) is 5.00. The molecule has 2 aromatic rings. The highest BCUT2D eigenvalue weighted by atomic mass is 35.5. The number of hydrogen-bond donors (Lipinski definition) is 0. The molecule has 2 aromatic carbocycles. The van der Waals surface area contributed by atoms with Crippen LogP contribution in [0.15, 0.2) is 36.4 Å². The van der Waals surface area contributed by atoms with Gasteiger partial charge in [-0.15, -0.1) is 11.6 Å². The van der Waals surface area contributed by atoms with E-state index in [1.807, 2.05) is 0 Å². The highest BCUT2D eigenvalue weighted by Crippen LogP contribution is 2.34. The molecule has 0 saturated heterocycles. The lowest BCUT2D eigenvalue weighted by Crippen LogP contribution is -2.01. The van der Waals surface area contributed by atoms with Gasteiger partial charge in [-0.2, -0.15) is 0 Å².